The maximum Gasteiger partial charge on any atom is 0.343 e. The topological polar surface area (TPSA) is 61.9 Å². The highest BCUT2D eigenvalue weighted by Crippen LogP contribution is 2.32. The number of aryl methyl sites for hydroxylation is 2. The molecule has 3 aromatic rings. The highest BCUT2D eigenvalue weighted by atomic mass is 16.5. The summed E-state index contributed by atoms with van der Waals surface area (Å²) in [5.41, 5.74) is 2.98. The number of imide groups is 1. The van der Waals surface area contributed by atoms with Gasteiger partial charge in [-0.25, -0.2) is 19.4 Å². The van der Waals surface area contributed by atoms with Gasteiger partial charge in [-0.2, -0.15) is 0 Å². The molecule has 0 unspecified atom stereocenters. The summed E-state index contributed by atoms with van der Waals surface area (Å²) in [6.07, 6.45) is 0.675. The van der Waals surface area contributed by atoms with E-state index in [4.69, 9.17) is 4.74 Å². The second-order valence-electron chi connectivity index (χ2n) is 7.23. The van der Waals surface area contributed by atoms with E-state index in [1.807, 2.05) is 62.4 Å². The molecule has 1 saturated heterocycles. The van der Waals surface area contributed by atoms with Crippen LogP contribution in [0, 0.1) is 6.92 Å². The molecule has 0 bridgehead atoms. The minimum Gasteiger partial charge on any atom is -0.457 e. The number of urea groups is 2. The molecule has 0 aromatic heterocycles. The third kappa shape index (κ3) is 4.00. The SMILES string of the molecule is C=C1NC(=O)N(c2ccc(Oc3ccccc3)c(CC)c2)C(=O)N1c1cccc(C)c1. The third-order valence-corrected chi connectivity index (χ3v) is 5.02. The fourth-order valence-corrected chi connectivity index (χ4v) is 3.49. The van der Waals surface area contributed by atoms with Gasteiger partial charge in [0.25, 0.3) is 0 Å². The lowest BCUT2D eigenvalue weighted by atomic mass is 10.1. The Hall–Kier alpha value is -4.06. The van der Waals surface area contributed by atoms with E-state index in [9.17, 15) is 9.59 Å². The van der Waals surface area contributed by atoms with Crippen LogP contribution in [0.3, 0.4) is 0 Å². The fourth-order valence-electron chi connectivity index (χ4n) is 3.49. The third-order valence-electron chi connectivity index (χ3n) is 5.02. The number of carbonyl (C=O) groups excluding carboxylic acids is 2. The maximum absolute atomic E-state index is 13.3. The van der Waals surface area contributed by atoms with Crippen molar-refractivity contribution in [2.75, 3.05) is 9.80 Å². The van der Waals surface area contributed by atoms with Gasteiger partial charge >= 0.3 is 12.1 Å². The van der Waals surface area contributed by atoms with Crippen molar-refractivity contribution in [1.29, 1.82) is 0 Å². The van der Waals surface area contributed by atoms with Gasteiger partial charge in [0, 0.05) is 0 Å². The minimum atomic E-state index is -0.544. The summed E-state index contributed by atoms with van der Waals surface area (Å²) in [5, 5.41) is 2.68. The highest BCUT2D eigenvalue weighted by Gasteiger charge is 2.36. The van der Waals surface area contributed by atoms with Crippen LogP contribution in [-0.2, 0) is 6.42 Å². The van der Waals surface area contributed by atoms with Gasteiger partial charge in [-0.1, -0.05) is 43.8 Å². The first-order valence-electron chi connectivity index (χ1n) is 10.0. The van der Waals surface area contributed by atoms with Gasteiger partial charge in [-0.05, 0) is 66.9 Å². The van der Waals surface area contributed by atoms with Gasteiger partial charge in [0.05, 0.1) is 11.4 Å². The van der Waals surface area contributed by atoms with Crippen LogP contribution in [0.5, 0.6) is 11.5 Å². The first-order valence-corrected chi connectivity index (χ1v) is 10.0. The number of hydrogen-bond donors (Lipinski definition) is 1. The molecule has 1 fully saturated rings. The maximum atomic E-state index is 13.3. The van der Waals surface area contributed by atoms with E-state index >= 15 is 0 Å². The largest absolute Gasteiger partial charge is 0.457 e. The first-order chi connectivity index (χ1) is 15.0. The highest BCUT2D eigenvalue weighted by molar-refractivity contribution is 6.22. The van der Waals surface area contributed by atoms with Crippen LogP contribution in [0.4, 0.5) is 21.0 Å². The van der Waals surface area contributed by atoms with Crippen molar-refractivity contribution in [2.45, 2.75) is 20.3 Å². The predicted molar refractivity (Wildman–Crippen MR) is 122 cm³/mol. The predicted octanol–water partition coefficient (Wildman–Crippen LogP) is 5.98. The smallest absolute Gasteiger partial charge is 0.343 e. The summed E-state index contributed by atoms with van der Waals surface area (Å²) in [6, 6.07) is 21.2. The summed E-state index contributed by atoms with van der Waals surface area (Å²) in [4.78, 5) is 28.6. The molecule has 6 nitrogen and oxygen atoms in total. The molecule has 1 aliphatic heterocycles. The molecule has 156 valence electrons. The van der Waals surface area contributed by atoms with E-state index in [0.29, 0.717) is 23.5 Å². The zero-order valence-corrected chi connectivity index (χ0v) is 17.5. The molecular formula is C25H23N3O3. The molecule has 0 spiro atoms. The van der Waals surface area contributed by atoms with Crippen LogP contribution < -0.4 is 19.9 Å². The standard InChI is InChI=1S/C25H23N3O3/c1-4-19-16-21(13-14-23(19)31-22-11-6-5-7-12-22)28-24(29)26-18(3)27(25(28)30)20-10-8-9-17(2)15-20/h5-16H,3-4H2,1-2H3,(H,26,29). The number of anilines is 2. The number of nitrogens with zero attached hydrogens (tertiary/aromatic N) is 2. The van der Waals surface area contributed by atoms with Crippen molar-refractivity contribution >= 4 is 23.4 Å². The van der Waals surface area contributed by atoms with E-state index < -0.39 is 12.1 Å². The quantitative estimate of drug-likeness (QED) is 0.560. The molecule has 0 saturated carbocycles. The van der Waals surface area contributed by atoms with E-state index in [1.54, 1.807) is 24.3 Å². The summed E-state index contributed by atoms with van der Waals surface area (Å²) >= 11 is 0. The van der Waals surface area contributed by atoms with Crippen molar-refractivity contribution in [1.82, 2.24) is 5.32 Å². The van der Waals surface area contributed by atoms with Crippen molar-refractivity contribution < 1.29 is 14.3 Å². The average Bonchev–Trinajstić information content (AvgIpc) is 2.75. The van der Waals surface area contributed by atoms with Gasteiger partial charge in [-0.15, -0.1) is 0 Å². The van der Waals surface area contributed by atoms with E-state index in [2.05, 4.69) is 11.9 Å². The summed E-state index contributed by atoms with van der Waals surface area (Å²) in [5.74, 6) is 1.62. The summed E-state index contributed by atoms with van der Waals surface area (Å²) < 4.78 is 5.99. The Morgan fingerprint density at radius 3 is 2.35 bits per heavy atom. The van der Waals surface area contributed by atoms with Gasteiger partial charge in [0.1, 0.15) is 17.3 Å². The number of hydrogen-bond acceptors (Lipinski definition) is 3. The molecule has 0 atom stereocenters. The molecule has 31 heavy (non-hydrogen) atoms. The Balaban J connectivity index is 1.68. The van der Waals surface area contributed by atoms with Crippen LogP contribution in [-0.4, -0.2) is 12.1 Å². The molecule has 4 amide bonds. The molecular weight excluding hydrogens is 390 g/mol. The molecule has 1 heterocycles. The Morgan fingerprint density at radius 1 is 0.903 bits per heavy atom. The summed E-state index contributed by atoms with van der Waals surface area (Å²) in [7, 11) is 0. The monoisotopic (exact) mass is 413 g/mol. The lowest BCUT2D eigenvalue weighted by Gasteiger charge is -2.36. The summed E-state index contributed by atoms with van der Waals surface area (Å²) in [6.45, 7) is 7.79. The van der Waals surface area contributed by atoms with E-state index in [1.165, 1.54) is 4.90 Å². The zero-order valence-electron chi connectivity index (χ0n) is 17.5. The number of nitrogens with one attached hydrogen (secondary N) is 1. The van der Waals surface area contributed by atoms with E-state index in [0.717, 1.165) is 21.8 Å². The molecule has 4 rings (SSSR count). The van der Waals surface area contributed by atoms with Crippen molar-refractivity contribution in [3.63, 3.8) is 0 Å². The van der Waals surface area contributed by atoms with Gasteiger partial charge in [0.2, 0.25) is 0 Å². The minimum absolute atomic E-state index is 0.219. The average molecular weight is 413 g/mol. The van der Waals surface area contributed by atoms with Crippen molar-refractivity contribution in [3.05, 3.63) is 96.3 Å². The Bertz CT molecular complexity index is 1160. The van der Waals surface area contributed by atoms with Crippen LogP contribution in [0.15, 0.2) is 85.2 Å². The Labute approximate surface area is 181 Å². The fraction of sp³-hybridized carbons (Fsp3) is 0.120. The molecule has 0 radical (unpaired) electrons. The number of benzene rings is 3. The van der Waals surface area contributed by atoms with Gasteiger partial charge in [0.15, 0.2) is 0 Å². The van der Waals surface area contributed by atoms with Crippen LogP contribution >= 0.6 is 0 Å². The second kappa shape index (κ2) is 8.36. The molecule has 0 aliphatic carbocycles. The number of ether oxygens (including phenoxy) is 1. The molecule has 1 aliphatic rings. The second-order valence-corrected chi connectivity index (χ2v) is 7.23. The zero-order chi connectivity index (χ0) is 22.0. The van der Waals surface area contributed by atoms with Crippen LogP contribution in [0.1, 0.15) is 18.1 Å². The van der Waals surface area contributed by atoms with E-state index in [-0.39, 0.29) is 5.82 Å². The number of carbonyl (C=O) groups is 2. The van der Waals surface area contributed by atoms with Gasteiger partial charge in [-0.3, -0.25) is 5.32 Å². The van der Waals surface area contributed by atoms with Crippen molar-refractivity contribution in [3.8, 4) is 11.5 Å². The molecule has 3 aromatic carbocycles. The van der Waals surface area contributed by atoms with Crippen LogP contribution in [0.25, 0.3) is 0 Å². The van der Waals surface area contributed by atoms with Crippen molar-refractivity contribution in [2.24, 2.45) is 0 Å². The number of para-hydroxylation sites is 1. The lowest BCUT2D eigenvalue weighted by molar-refractivity contribution is 0.235. The van der Waals surface area contributed by atoms with Crippen LogP contribution in [0.2, 0.25) is 0 Å². The normalized spacial score (nSPS) is 13.9. The first kappa shape index (κ1) is 20.2. The Morgan fingerprint density at radius 2 is 1.65 bits per heavy atom. The molecule has 1 N–H and O–H groups in total. The number of rotatable bonds is 5. The number of amides is 4. The Kier molecular flexibility index (Phi) is 5.45. The lowest BCUT2D eigenvalue weighted by Crippen LogP contribution is -2.58. The van der Waals surface area contributed by atoms with Gasteiger partial charge < -0.3 is 4.74 Å². The molecule has 6 heteroatoms.